The molecule has 0 N–H and O–H groups in total. The van der Waals surface area contributed by atoms with E-state index in [9.17, 15) is 9.59 Å². The van der Waals surface area contributed by atoms with E-state index in [2.05, 4.69) is 4.98 Å². The number of fused-ring (bicyclic) bond motifs is 6. The van der Waals surface area contributed by atoms with Crippen LogP contribution >= 0.6 is 0 Å². The molecular formula is C26H18N2O7. The van der Waals surface area contributed by atoms with Gasteiger partial charge in [-0.2, -0.15) is 0 Å². The molecule has 9 nitrogen and oxygen atoms in total. The molecule has 7 rings (SSSR count). The molecule has 3 aromatic carbocycles. The van der Waals surface area contributed by atoms with Crippen LogP contribution < -0.4 is 29.5 Å². The minimum atomic E-state index is -1.06. The predicted octanol–water partition coefficient (Wildman–Crippen LogP) is 3.15. The van der Waals surface area contributed by atoms with Gasteiger partial charge in [0.15, 0.2) is 17.1 Å². The zero-order valence-corrected chi connectivity index (χ0v) is 18.6. The van der Waals surface area contributed by atoms with E-state index in [0.29, 0.717) is 45.3 Å². The van der Waals surface area contributed by atoms with Gasteiger partial charge < -0.3 is 28.3 Å². The highest BCUT2D eigenvalue weighted by Gasteiger charge is 2.57. The van der Waals surface area contributed by atoms with Crippen LogP contribution in [0.3, 0.4) is 0 Å². The molecule has 0 fully saturated rings. The van der Waals surface area contributed by atoms with Crippen molar-refractivity contribution in [3.63, 3.8) is 0 Å². The molecule has 4 heterocycles. The third-order valence-electron chi connectivity index (χ3n) is 6.81. The first-order chi connectivity index (χ1) is 17.1. The third kappa shape index (κ3) is 2.66. The van der Waals surface area contributed by atoms with Crippen LogP contribution in [0.15, 0.2) is 63.8 Å². The number of para-hydroxylation sites is 1. The molecule has 0 aliphatic carbocycles. The van der Waals surface area contributed by atoms with Gasteiger partial charge in [-0.3, -0.25) is 4.79 Å². The van der Waals surface area contributed by atoms with Gasteiger partial charge in [-0.1, -0.05) is 18.2 Å². The van der Waals surface area contributed by atoms with E-state index in [1.165, 1.54) is 7.11 Å². The summed E-state index contributed by atoms with van der Waals surface area (Å²) in [6.45, 7) is 0.218. The van der Waals surface area contributed by atoms with Gasteiger partial charge in [-0.15, -0.1) is 0 Å². The van der Waals surface area contributed by atoms with E-state index in [0.717, 1.165) is 5.56 Å². The van der Waals surface area contributed by atoms with Gasteiger partial charge >= 0.3 is 5.63 Å². The van der Waals surface area contributed by atoms with Crippen molar-refractivity contribution < 1.29 is 28.2 Å². The highest BCUT2D eigenvalue weighted by molar-refractivity contribution is 6.11. The average Bonchev–Trinajstić information content (AvgIpc) is 3.55. The van der Waals surface area contributed by atoms with Crippen molar-refractivity contribution in [3.8, 4) is 23.0 Å². The summed E-state index contributed by atoms with van der Waals surface area (Å²) in [4.78, 5) is 33.0. The van der Waals surface area contributed by atoms with E-state index >= 15 is 0 Å². The highest BCUT2D eigenvalue weighted by Crippen LogP contribution is 2.55. The number of hydrogen-bond donors (Lipinski definition) is 0. The van der Waals surface area contributed by atoms with Gasteiger partial charge in [-0.25, -0.2) is 9.78 Å². The number of rotatable bonds is 3. The number of hydrogen-bond acceptors (Lipinski definition) is 8. The summed E-state index contributed by atoms with van der Waals surface area (Å²) < 4.78 is 27.7. The summed E-state index contributed by atoms with van der Waals surface area (Å²) in [5.41, 5.74) is 1.50. The molecule has 1 amide bonds. The lowest BCUT2D eigenvalue weighted by Gasteiger charge is -2.22. The van der Waals surface area contributed by atoms with Crippen LogP contribution in [-0.2, 0) is 16.8 Å². The van der Waals surface area contributed by atoms with Crippen LogP contribution in [0.5, 0.6) is 23.0 Å². The van der Waals surface area contributed by atoms with E-state index in [4.69, 9.17) is 23.4 Å². The van der Waals surface area contributed by atoms with Crippen molar-refractivity contribution in [1.29, 1.82) is 0 Å². The van der Waals surface area contributed by atoms with Crippen LogP contribution in [0.1, 0.15) is 16.8 Å². The Morgan fingerprint density at radius 1 is 0.971 bits per heavy atom. The third-order valence-corrected chi connectivity index (χ3v) is 6.81. The number of methoxy groups -OCH3 is 1. The molecule has 1 spiro atoms. The number of benzene rings is 3. The molecule has 0 radical (unpaired) electrons. The number of ether oxygens (including phenoxy) is 4. The first kappa shape index (κ1) is 19.9. The lowest BCUT2D eigenvalue weighted by atomic mass is 9.77. The Balaban J connectivity index is 1.34. The summed E-state index contributed by atoms with van der Waals surface area (Å²) in [5, 5.41) is 0. The maximum Gasteiger partial charge on any atom is 0.360 e. The van der Waals surface area contributed by atoms with Gasteiger partial charge in [-0.05, 0) is 29.8 Å². The Morgan fingerprint density at radius 3 is 2.66 bits per heavy atom. The fourth-order valence-corrected chi connectivity index (χ4v) is 5.12. The molecule has 1 unspecified atom stereocenters. The molecule has 1 aromatic heterocycles. The average molecular weight is 470 g/mol. The largest absolute Gasteiger partial charge is 0.497 e. The molecule has 0 saturated heterocycles. The fourth-order valence-electron chi connectivity index (χ4n) is 5.12. The van der Waals surface area contributed by atoms with Crippen LogP contribution in [0.25, 0.3) is 11.1 Å². The topological polar surface area (TPSA) is 100 Å². The van der Waals surface area contributed by atoms with Crippen molar-refractivity contribution in [2.45, 2.75) is 12.0 Å². The zero-order valence-electron chi connectivity index (χ0n) is 18.6. The Hall–Kier alpha value is -4.53. The van der Waals surface area contributed by atoms with Crippen LogP contribution in [0.4, 0.5) is 5.69 Å². The van der Waals surface area contributed by atoms with Crippen LogP contribution in [-0.4, -0.2) is 31.4 Å². The molecular weight excluding hydrogens is 452 g/mol. The fraction of sp³-hybridized carbons (Fsp3) is 0.192. The van der Waals surface area contributed by atoms with Gasteiger partial charge in [0.2, 0.25) is 12.7 Å². The minimum absolute atomic E-state index is 0.0399. The van der Waals surface area contributed by atoms with Gasteiger partial charge in [0, 0.05) is 23.4 Å². The van der Waals surface area contributed by atoms with Crippen molar-refractivity contribution in [1.82, 2.24) is 4.98 Å². The number of nitrogens with zero attached hydrogens (tertiary/aromatic N) is 2. The van der Waals surface area contributed by atoms with E-state index in [1.54, 1.807) is 29.2 Å². The second kappa shape index (κ2) is 6.99. The molecule has 4 aromatic rings. The van der Waals surface area contributed by atoms with Crippen LogP contribution in [0.2, 0.25) is 0 Å². The van der Waals surface area contributed by atoms with Crippen molar-refractivity contribution in [3.05, 3.63) is 81.8 Å². The molecule has 174 valence electrons. The molecule has 0 saturated carbocycles. The molecule has 3 aliphatic rings. The zero-order chi connectivity index (χ0) is 23.7. The Bertz CT molecular complexity index is 1610. The molecule has 0 bridgehead atoms. The van der Waals surface area contributed by atoms with Gasteiger partial charge in [0.1, 0.15) is 34.7 Å². The second-order valence-corrected chi connectivity index (χ2v) is 8.59. The molecule has 9 heteroatoms. The summed E-state index contributed by atoms with van der Waals surface area (Å²) in [6.07, 6.45) is 0. The van der Waals surface area contributed by atoms with Crippen molar-refractivity contribution in [2.24, 2.45) is 0 Å². The van der Waals surface area contributed by atoms with Gasteiger partial charge in [0.05, 0.1) is 13.7 Å². The lowest BCUT2D eigenvalue weighted by molar-refractivity contribution is -0.122. The number of carbonyl (C=O) groups excluding carboxylic acids is 1. The van der Waals surface area contributed by atoms with E-state index < -0.39 is 11.0 Å². The number of amides is 1. The predicted molar refractivity (Wildman–Crippen MR) is 123 cm³/mol. The lowest BCUT2D eigenvalue weighted by Crippen LogP contribution is -2.42. The minimum Gasteiger partial charge on any atom is -0.497 e. The number of carbonyl (C=O) groups is 1. The van der Waals surface area contributed by atoms with Gasteiger partial charge in [0.25, 0.3) is 0 Å². The Labute approximate surface area is 198 Å². The number of aromatic nitrogens is 1. The summed E-state index contributed by atoms with van der Waals surface area (Å²) >= 11 is 0. The maximum atomic E-state index is 14.1. The summed E-state index contributed by atoms with van der Waals surface area (Å²) in [6, 6.07) is 16.2. The second-order valence-electron chi connectivity index (χ2n) is 8.59. The molecule has 35 heavy (non-hydrogen) atoms. The Kier molecular flexibility index (Phi) is 3.97. The van der Waals surface area contributed by atoms with E-state index in [-0.39, 0.29) is 31.5 Å². The molecule has 3 aliphatic heterocycles. The maximum absolute atomic E-state index is 14.1. The summed E-state index contributed by atoms with van der Waals surface area (Å²) in [7, 11) is 1.53. The quantitative estimate of drug-likeness (QED) is 0.450. The van der Waals surface area contributed by atoms with Crippen molar-refractivity contribution >= 4 is 22.7 Å². The van der Waals surface area contributed by atoms with Crippen molar-refractivity contribution in [2.75, 3.05) is 25.4 Å². The highest BCUT2D eigenvalue weighted by atomic mass is 16.7. The Morgan fingerprint density at radius 2 is 1.80 bits per heavy atom. The first-order valence-electron chi connectivity index (χ1n) is 11.0. The summed E-state index contributed by atoms with van der Waals surface area (Å²) in [5.74, 6) is 2.10. The monoisotopic (exact) mass is 470 g/mol. The first-order valence-corrected chi connectivity index (χ1v) is 11.0. The smallest absolute Gasteiger partial charge is 0.360 e. The van der Waals surface area contributed by atoms with Crippen LogP contribution in [0, 0.1) is 0 Å². The van der Waals surface area contributed by atoms with E-state index in [1.807, 2.05) is 30.3 Å². The number of anilines is 1. The normalized spacial score (nSPS) is 19.2. The molecule has 1 atom stereocenters. The SMILES string of the molecule is COc1ccc2nc(CN3C(=O)C4(COc5cc6c(cc54)OCO6)c4ccccc43)c(=O)oc2c1. The standard InChI is InChI=1S/C26H18N2O7/c1-31-14-6-7-17-21(8-14)35-24(29)18(27-17)11-28-19-5-3-2-4-15(19)26(25(28)30)12-32-20-10-23-22(9-16(20)26)33-13-34-23/h2-10H,11-13H2,1H3.